The largest absolute Gasteiger partial charge is 0.494 e. The van der Waals surface area contributed by atoms with Crippen LogP contribution in [0.15, 0.2) is 18.2 Å². The lowest BCUT2D eigenvalue weighted by molar-refractivity contribution is -0.137. The first-order valence-electron chi connectivity index (χ1n) is 8.15. The van der Waals surface area contributed by atoms with E-state index < -0.39 is 51.0 Å². The summed E-state index contributed by atoms with van der Waals surface area (Å²) in [5.74, 6) is -0.989. The Kier molecular flexibility index (Phi) is 3.78. The maximum absolute atomic E-state index is 13.3. The van der Waals surface area contributed by atoms with Gasteiger partial charge in [-0.2, -0.15) is 18.4 Å². The molecular weight excluding hydrogens is 420 g/mol. The van der Waals surface area contributed by atoms with Gasteiger partial charge in [-0.1, -0.05) is 0 Å². The minimum atomic E-state index is -4.79. The van der Waals surface area contributed by atoms with Gasteiger partial charge in [0, 0.05) is 0 Å². The molecule has 2 aromatic rings. The quantitative estimate of drug-likeness (QED) is 0.651. The number of fused-ring (bicyclic) bond motifs is 5. The number of aromatic nitrogens is 1. The molecule has 1 aromatic heterocycles. The fraction of sp³-hybridized carbons (Fsp3) is 0.389. The van der Waals surface area contributed by atoms with Crippen molar-refractivity contribution in [2.45, 2.75) is 42.0 Å². The summed E-state index contributed by atoms with van der Waals surface area (Å²) in [7, 11) is 0. The van der Waals surface area contributed by atoms with Crippen molar-refractivity contribution in [2.24, 2.45) is 0 Å². The average molecular weight is 433 g/mol. The molecule has 0 spiro atoms. The van der Waals surface area contributed by atoms with Gasteiger partial charge in [0.15, 0.2) is 0 Å². The summed E-state index contributed by atoms with van der Waals surface area (Å²) in [6, 6.07) is 4.36. The zero-order chi connectivity index (χ0) is 20.8. The Labute approximate surface area is 167 Å². The van der Waals surface area contributed by atoms with Gasteiger partial charge in [0.05, 0.1) is 44.8 Å². The molecule has 0 amide bonds. The van der Waals surface area contributed by atoms with E-state index in [1.807, 2.05) is 0 Å². The number of nitrogens with zero attached hydrogens (tertiary/aromatic N) is 2. The Balaban J connectivity index is 1.99. The van der Waals surface area contributed by atoms with Crippen molar-refractivity contribution in [3.63, 3.8) is 0 Å². The molecule has 4 rings (SSSR count). The zero-order valence-corrected chi connectivity index (χ0v) is 16.0. The van der Waals surface area contributed by atoms with Gasteiger partial charge < -0.3 is 14.9 Å². The topological polar surface area (TPSA) is 78.4 Å². The Bertz CT molecular complexity index is 1020. The first-order chi connectivity index (χ1) is 12.9. The molecule has 2 aliphatic rings. The molecule has 2 bridgehead atoms. The van der Waals surface area contributed by atoms with E-state index in [0.29, 0.717) is 6.07 Å². The van der Waals surface area contributed by atoms with E-state index in [1.54, 1.807) is 13.8 Å². The fourth-order valence-corrected chi connectivity index (χ4v) is 5.01. The molecule has 4 atom stereocenters. The lowest BCUT2D eigenvalue weighted by atomic mass is 9.79. The standard InChI is InChI=1S/C18H13Cl2F3N2O3/c1-16-10-11(17(2,28-16)13(20)12(16)19)15(27)25(14(10)26)8-4-3-7(6-24)9(5-8)18(21,22)23/h3-5,12-13,26-27H,1-2H3/t12-,13-,16-,17+/m1/s1. The molecule has 2 aliphatic heterocycles. The summed E-state index contributed by atoms with van der Waals surface area (Å²) in [6.07, 6.45) is -4.79. The van der Waals surface area contributed by atoms with Crippen LogP contribution in [0.5, 0.6) is 11.8 Å². The fourth-order valence-electron chi connectivity index (χ4n) is 4.23. The Morgan fingerprint density at radius 2 is 1.61 bits per heavy atom. The molecule has 2 N–H and O–H groups in total. The van der Waals surface area contributed by atoms with Crippen LogP contribution in [0.25, 0.3) is 5.69 Å². The molecule has 1 saturated heterocycles. The first kappa shape index (κ1) is 19.2. The molecule has 10 heteroatoms. The molecule has 5 nitrogen and oxygen atoms in total. The van der Waals surface area contributed by atoms with Crippen LogP contribution in [0.1, 0.15) is 36.1 Å². The van der Waals surface area contributed by atoms with E-state index in [0.717, 1.165) is 10.6 Å². The highest BCUT2D eigenvalue weighted by atomic mass is 35.5. The number of hydrogen-bond donors (Lipinski definition) is 2. The second-order valence-electron chi connectivity index (χ2n) is 7.19. The highest BCUT2D eigenvalue weighted by molar-refractivity contribution is 6.32. The Hall–Kier alpha value is -2.08. The smallest absolute Gasteiger partial charge is 0.417 e. The lowest BCUT2D eigenvalue weighted by Gasteiger charge is -2.28. The van der Waals surface area contributed by atoms with Crippen molar-refractivity contribution in [3.05, 3.63) is 40.5 Å². The maximum Gasteiger partial charge on any atom is 0.417 e. The molecule has 1 fully saturated rings. The summed E-state index contributed by atoms with van der Waals surface area (Å²) in [6.45, 7) is 3.20. The van der Waals surface area contributed by atoms with Crippen molar-refractivity contribution < 1.29 is 28.1 Å². The second kappa shape index (κ2) is 5.50. The number of benzene rings is 1. The highest BCUT2D eigenvalue weighted by Gasteiger charge is 2.69. The molecule has 0 aliphatic carbocycles. The summed E-state index contributed by atoms with van der Waals surface area (Å²) in [5, 5.41) is 29.0. The number of hydrogen-bond acceptors (Lipinski definition) is 4. The molecule has 0 saturated carbocycles. The Morgan fingerprint density at radius 1 is 1.11 bits per heavy atom. The van der Waals surface area contributed by atoms with E-state index in [9.17, 15) is 23.4 Å². The average Bonchev–Trinajstić information content (AvgIpc) is 3.10. The van der Waals surface area contributed by atoms with Crippen molar-refractivity contribution in [1.82, 2.24) is 4.57 Å². The van der Waals surface area contributed by atoms with Crippen molar-refractivity contribution in [1.29, 1.82) is 5.26 Å². The third-order valence-electron chi connectivity index (χ3n) is 5.53. The highest BCUT2D eigenvalue weighted by Crippen LogP contribution is 2.66. The number of rotatable bonds is 1. The van der Waals surface area contributed by atoms with Crippen molar-refractivity contribution >= 4 is 23.2 Å². The van der Waals surface area contributed by atoms with Gasteiger partial charge in [0.2, 0.25) is 11.8 Å². The summed E-state index contributed by atoms with van der Waals surface area (Å²) < 4.78 is 46.7. The molecule has 148 valence electrons. The van der Waals surface area contributed by atoms with Gasteiger partial charge in [-0.05, 0) is 32.0 Å². The van der Waals surface area contributed by atoms with E-state index in [2.05, 4.69) is 0 Å². The van der Waals surface area contributed by atoms with Crippen LogP contribution < -0.4 is 0 Å². The minimum Gasteiger partial charge on any atom is -0.494 e. The van der Waals surface area contributed by atoms with Crippen molar-refractivity contribution in [3.8, 4) is 23.5 Å². The molecule has 0 radical (unpaired) electrons. The van der Waals surface area contributed by atoms with Crippen LogP contribution in [0.3, 0.4) is 0 Å². The SMILES string of the molecule is C[C@]12O[C@](C)(c3c1c(O)n(-c1ccc(C#N)c(C(F)(F)F)c1)c3O)[C@H](Cl)[C@H]2Cl. The van der Waals surface area contributed by atoms with Crippen molar-refractivity contribution in [2.75, 3.05) is 0 Å². The molecule has 3 heterocycles. The van der Waals surface area contributed by atoms with E-state index in [4.69, 9.17) is 33.2 Å². The number of halogens is 5. The summed E-state index contributed by atoms with van der Waals surface area (Å²) in [5.41, 5.74) is -4.01. The molecule has 0 unspecified atom stereocenters. The molecule has 1 aromatic carbocycles. The monoisotopic (exact) mass is 432 g/mol. The number of alkyl halides is 5. The first-order valence-corrected chi connectivity index (χ1v) is 9.02. The van der Waals surface area contributed by atoms with Gasteiger partial charge in [0.1, 0.15) is 11.2 Å². The Morgan fingerprint density at radius 3 is 2.04 bits per heavy atom. The van der Waals surface area contributed by atoms with Crippen LogP contribution in [0, 0.1) is 11.3 Å². The van der Waals surface area contributed by atoms with Crippen LogP contribution in [0.2, 0.25) is 0 Å². The van der Waals surface area contributed by atoms with Gasteiger partial charge in [-0.25, -0.2) is 0 Å². The van der Waals surface area contributed by atoms with Crippen LogP contribution in [-0.2, 0) is 22.1 Å². The van der Waals surface area contributed by atoms with E-state index >= 15 is 0 Å². The molecule has 28 heavy (non-hydrogen) atoms. The number of ether oxygens (including phenoxy) is 1. The van der Waals surface area contributed by atoms with Gasteiger partial charge >= 0.3 is 6.18 Å². The zero-order valence-electron chi connectivity index (χ0n) is 14.5. The second-order valence-corrected chi connectivity index (χ2v) is 8.13. The van der Waals surface area contributed by atoms with E-state index in [-0.39, 0.29) is 16.8 Å². The third-order valence-corrected chi connectivity index (χ3v) is 7.00. The number of nitriles is 1. The maximum atomic E-state index is 13.3. The number of aromatic hydroxyl groups is 2. The molecular formula is C18H13Cl2F3N2O3. The predicted molar refractivity (Wildman–Crippen MR) is 93.9 cm³/mol. The van der Waals surface area contributed by atoms with Crippen LogP contribution in [0.4, 0.5) is 13.2 Å². The van der Waals surface area contributed by atoms with Crippen LogP contribution in [-0.4, -0.2) is 25.5 Å². The normalized spacial score (nSPS) is 31.1. The van der Waals surface area contributed by atoms with E-state index in [1.165, 1.54) is 12.1 Å². The third kappa shape index (κ3) is 2.12. The van der Waals surface area contributed by atoms with Crippen LogP contribution >= 0.6 is 23.2 Å². The van der Waals surface area contributed by atoms with Gasteiger partial charge in [-0.15, -0.1) is 23.2 Å². The summed E-state index contributed by atoms with van der Waals surface area (Å²) >= 11 is 12.8. The van der Waals surface area contributed by atoms with Gasteiger partial charge in [-0.3, -0.25) is 4.57 Å². The summed E-state index contributed by atoms with van der Waals surface area (Å²) in [4.78, 5) is 0. The predicted octanol–water partition coefficient (Wildman–Crippen LogP) is 4.47. The van der Waals surface area contributed by atoms with Gasteiger partial charge in [0.25, 0.3) is 0 Å². The minimum absolute atomic E-state index is 0.167. The lowest BCUT2D eigenvalue weighted by Crippen LogP contribution is -2.38.